The third-order valence-corrected chi connectivity index (χ3v) is 4.72. The Hall–Kier alpha value is -1.34. The minimum absolute atomic E-state index is 0.318. The molecule has 1 unspecified atom stereocenters. The molecule has 0 aromatic heterocycles. The molecule has 1 heteroatoms. The maximum absolute atomic E-state index is 3.71. The fourth-order valence-corrected chi connectivity index (χ4v) is 2.36. The molecule has 20 heavy (non-hydrogen) atoms. The molecule has 0 fully saturated rings. The van der Waals surface area contributed by atoms with Gasteiger partial charge in [0.25, 0.3) is 0 Å². The zero-order valence-electron chi connectivity index (χ0n) is 13.4. The summed E-state index contributed by atoms with van der Waals surface area (Å²) >= 11 is 0. The van der Waals surface area contributed by atoms with Gasteiger partial charge in [-0.05, 0) is 34.6 Å². The van der Waals surface area contributed by atoms with Crippen molar-refractivity contribution in [2.45, 2.75) is 40.7 Å². The molecule has 0 heterocycles. The van der Waals surface area contributed by atoms with Crippen molar-refractivity contribution in [3.05, 3.63) is 48.0 Å². The smallest absolute Gasteiger partial charge is 0.0298 e. The van der Waals surface area contributed by atoms with E-state index in [1.165, 1.54) is 16.3 Å². The van der Waals surface area contributed by atoms with Crippen molar-refractivity contribution >= 4 is 10.8 Å². The molecule has 2 aromatic carbocycles. The standard InChI is InChI=1S/C19H27N/c1-14(2)19(4,5)13-20-15(3)17-12-8-10-16-9-6-7-11-18(16)17/h6-12,14-15,20H,13H2,1-5H3. The first-order valence-corrected chi connectivity index (χ1v) is 7.63. The Morgan fingerprint density at radius 1 is 0.950 bits per heavy atom. The third kappa shape index (κ3) is 3.21. The highest BCUT2D eigenvalue weighted by Gasteiger charge is 2.23. The topological polar surface area (TPSA) is 12.0 Å². The lowest BCUT2D eigenvalue weighted by molar-refractivity contribution is 0.230. The van der Waals surface area contributed by atoms with E-state index in [9.17, 15) is 0 Å². The Bertz CT molecular complexity index is 563. The minimum Gasteiger partial charge on any atom is -0.310 e. The Kier molecular flexibility index (Phi) is 4.49. The van der Waals surface area contributed by atoms with Gasteiger partial charge in [-0.1, -0.05) is 70.2 Å². The van der Waals surface area contributed by atoms with Gasteiger partial charge in [-0.3, -0.25) is 0 Å². The second-order valence-corrected chi connectivity index (χ2v) is 6.81. The van der Waals surface area contributed by atoms with Crippen LogP contribution in [0.1, 0.15) is 46.2 Å². The molecule has 1 atom stereocenters. The van der Waals surface area contributed by atoms with Crippen molar-refractivity contribution < 1.29 is 0 Å². The molecule has 1 N–H and O–H groups in total. The number of fused-ring (bicyclic) bond motifs is 1. The fraction of sp³-hybridized carbons (Fsp3) is 0.474. The zero-order valence-corrected chi connectivity index (χ0v) is 13.4. The second kappa shape index (κ2) is 5.97. The molecule has 0 aliphatic rings. The number of benzene rings is 2. The van der Waals surface area contributed by atoms with Crippen LogP contribution in [0.3, 0.4) is 0 Å². The lowest BCUT2D eigenvalue weighted by atomic mass is 9.81. The van der Waals surface area contributed by atoms with Gasteiger partial charge >= 0.3 is 0 Å². The van der Waals surface area contributed by atoms with E-state index in [-0.39, 0.29) is 0 Å². The van der Waals surface area contributed by atoms with Gasteiger partial charge in [-0.2, -0.15) is 0 Å². The van der Waals surface area contributed by atoms with E-state index in [0.29, 0.717) is 17.4 Å². The zero-order chi connectivity index (χ0) is 14.8. The molecule has 0 saturated carbocycles. The largest absolute Gasteiger partial charge is 0.310 e. The number of nitrogens with one attached hydrogen (secondary N) is 1. The molecule has 0 spiro atoms. The normalized spacial score (nSPS) is 13.9. The summed E-state index contributed by atoms with van der Waals surface area (Å²) in [5, 5.41) is 6.39. The first-order chi connectivity index (χ1) is 9.42. The van der Waals surface area contributed by atoms with Crippen LogP contribution in [0.15, 0.2) is 42.5 Å². The molecule has 0 amide bonds. The van der Waals surface area contributed by atoms with Gasteiger partial charge in [0.05, 0.1) is 0 Å². The van der Waals surface area contributed by atoms with Crippen LogP contribution in [0.5, 0.6) is 0 Å². The molecule has 2 aromatic rings. The van der Waals surface area contributed by atoms with Crippen molar-refractivity contribution in [2.75, 3.05) is 6.54 Å². The van der Waals surface area contributed by atoms with Crippen molar-refractivity contribution in [3.63, 3.8) is 0 Å². The number of hydrogen-bond donors (Lipinski definition) is 1. The van der Waals surface area contributed by atoms with E-state index in [4.69, 9.17) is 0 Å². The van der Waals surface area contributed by atoms with Crippen LogP contribution in [0.4, 0.5) is 0 Å². The van der Waals surface area contributed by atoms with Crippen LogP contribution >= 0.6 is 0 Å². The quantitative estimate of drug-likeness (QED) is 0.789. The van der Waals surface area contributed by atoms with E-state index >= 15 is 0 Å². The average molecular weight is 269 g/mol. The summed E-state index contributed by atoms with van der Waals surface area (Å²) < 4.78 is 0. The maximum Gasteiger partial charge on any atom is 0.0298 e. The summed E-state index contributed by atoms with van der Waals surface area (Å²) in [4.78, 5) is 0. The highest BCUT2D eigenvalue weighted by Crippen LogP contribution is 2.28. The van der Waals surface area contributed by atoms with Gasteiger partial charge in [-0.15, -0.1) is 0 Å². The molecular formula is C19H27N. The van der Waals surface area contributed by atoms with Gasteiger partial charge in [0.2, 0.25) is 0 Å². The van der Waals surface area contributed by atoms with E-state index in [2.05, 4.69) is 82.4 Å². The van der Waals surface area contributed by atoms with Crippen LogP contribution in [0, 0.1) is 11.3 Å². The van der Waals surface area contributed by atoms with Crippen molar-refractivity contribution in [1.82, 2.24) is 5.32 Å². The summed E-state index contributed by atoms with van der Waals surface area (Å²) in [6.07, 6.45) is 0. The summed E-state index contributed by atoms with van der Waals surface area (Å²) in [6.45, 7) is 12.6. The molecule has 0 radical (unpaired) electrons. The lowest BCUT2D eigenvalue weighted by Gasteiger charge is -2.31. The van der Waals surface area contributed by atoms with Gasteiger partial charge in [0.15, 0.2) is 0 Å². The highest BCUT2D eigenvalue weighted by molar-refractivity contribution is 5.86. The highest BCUT2D eigenvalue weighted by atomic mass is 14.9. The van der Waals surface area contributed by atoms with Crippen molar-refractivity contribution in [2.24, 2.45) is 11.3 Å². The summed E-state index contributed by atoms with van der Waals surface area (Å²) in [5.74, 6) is 0.676. The predicted octanol–water partition coefficient (Wildman–Crippen LogP) is 5.17. The number of rotatable bonds is 5. The Labute approximate surface area is 123 Å². The van der Waals surface area contributed by atoms with Crippen molar-refractivity contribution in [1.29, 1.82) is 0 Å². The first kappa shape index (κ1) is 15.1. The first-order valence-electron chi connectivity index (χ1n) is 7.63. The molecule has 2 rings (SSSR count). The predicted molar refractivity (Wildman–Crippen MR) is 89.0 cm³/mol. The third-order valence-electron chi connectivity index (χ3n) is 4.72. The Morgan fingerprint density at radius 2 is 1.60 bits per heavy atom. The molecular weight excluding hydrogens is 242 g/mol. The van der Waals surface area contributed by atoms with Crippen molar-refractivity contribution in [3.8, 4) is 0 Å². The second-order valence-electron chi connectivity index (χ2n) is 6.81. The number of hydrogen-bond acceptors (Lipinski definition) is 1. The average Bonchev–Trinajstić information content (AvgIpc) is 2.44. The summed E-state index contributed by atoms with van der Waals surface area (Å²) in [7, 11) is 0. The van der Waals surface area contributed by atoms with Gasteiger partial charge in [-0.25, -0.2) is 0 Å². The summed E-state index contributed by atoms with van der Waals surface area (Å²) in [6, 6.07) is 15.6. The van der Waals surface area contributed by atoms with Crippen LogP contribution < -0.4 is 5.32 Å². The molecule has 0 bridgehead atoms. The van der Waals surface area contributed by atoms with Crippen LogP contribution in [0.2, 0.25) is 0 Å². The minimum atomic E-state index is 0.318. The Balaban J connectivity index is 2.18. The maximum atomic E-state index is 3.71. The van der Waals surface area contributed by atoms with Gasteiger partial charge < -0.3 is 5.32 Å². The van der Waals surface area contributed by atoms with Crippen LogP contribution in [0.25, 0.3) is 10.8 Å². The van der Waals surface area contributed by atoms with E-state index in [0.717, 1.165) is 6.54 Å². The lowest BCUT2D eigenvalue weighted by Crippen LogP contribution is -2.34. The van der Waals surface area contributed by atoms with E-state index < -0.39 is 0 Å². The Morgan fingerprint density at radius 3 is 2.30 bits per heavy atom. The molecule has 0 aliphatic heterocycles. The van der Waals surface area contributed by atoms with E-state index in [1.807, 2.05) is 0 Å². The SMILES string of the molecule is CC(NCC(C)(C)C(C)C)c1cccc2ccccc12. The summed E-state index contributed by atoms with van der Waals surface area (Å²) in [5.41, 5.74) is 1.71. The molecule has 108 valence electrons. The monoisotopic (exact) mass is 269 g/mol. The van der Waals surface area contributed by atoms with Crippen LogP contribution in [-0.4, -0.2) is 6.54 Å². The molecule has 1 nitrogen and oxygen atoms in total. The molecule has 0 saturated heterocycles. The van der Waals surface area contributed by atoms with Crippen LogP contribution in [-0.2, 0) is 0 Å². The van der Waals surface area contributed by atoms with E-state index in [1.54, 1.807) is 0 Å². The van der Waals surface area contributed by atoms with Gasteiger partial charge in [0.1, 0.15) is 0 Å². The van der Waals surface area contributed by atoms with Gasteiger partial charge in [0, 0.05) is 12.6 Å². The fourth-order valence-electron chi connectivity index (χ4n) is 2.36. The molecule has 0 aliphatic carbocycles.